The van der Waals surface area contributed by atoms with E-state index in [4.69, 9.17) is 4.42 Å². The molecule has 11 heteroatoms. The molecule has 1 unspecified atom stereocenters. The molecule has 4 rings (SSSR count). The lowest BCUT2D eigenvalue weighted by Crippen LogP contribution is -2.46. The van der Waals surface area contributed by atoms with Crippen LogP contribution in [0.3, 0.4) is 0 Å². The number of carbonyl (C=O) groups excluding carboxylic acids is 1. The van der Waals surface area contributed by atoms with E-state index in [9.17, 15) is 23.1 Å². The summed E-state index contributed by atoms with van der Waals surface area (Å²) in [5.41, 5.74) is -2.02. The first-order valence-corrected chi connectivity index (χ1v) is 11.8. The van der Waals surface area contributed by atoms with Gasteiger partial charge in [0.15, 0.2) is 5.76 Å². The van der Waals surface area contributed by atoms with Gasteiger partial charge in [-0.2, -0.15) is 13.2 Å². The van der Waals surface area contributed by atoms with Crippen molar-refractivity contribution in [3.8, 4) is 0 Å². The summed E-state index contributed by atoms with van der Waals surface area (Å²) in [5.74, 6) is -0.675. The van der Waals surface area contributed by atoms with Gasteiger partial charge in [-0.1, -0.05) is 24.3 Å². The third-order valence-electron chi connectivity index (χ3n) is 5.19. The Morgan fingerprint density at radius 1 is 1.27 bits per heavy atom. The normalized spacial score (nSPS) is 13.8. The zero-order valence-corrected chi connectivity index (χ0v) is 19.1. The van der Waals surface area contributed by atoms with Crippen LogP contribution in [0.25, 0.3) is 11.0 Å². The third-order valence-corrected chi connectivity index (χ3v) is 7.35. The lowest BCUT2D eigenvalue weighted by atomic mass is 9.97. The maximum Gasteiger partial charge on any atom is 0.424 e. The predicted molar refractivity (Wildman–Crippen MR) is 120 cm³/mol. The molecule has 1 aromatic carbocycles. The number of benzene rings is 1. The van der Waals surface area contributed by atoms with Gasteiger partial charge in [0, 0.05) is 49.1 Å². The molecule has 0 saturated carbocycles. The van der Waals surface area contributed by atoms with E-state index in [-0.39, 0.29) is 5.76 Å². The van der Waals surface area contributed by atoms with E-state index in [1.54, 1.807) is 35.2 Å². The molecule has 2 N–H and O–H groups in total. The minimum Gasteiger partial charge on any atom is -0.451 e. The lowest BCUT2D eigenvalue weighted by molar-refractivity contribution is -0.272. The molecule has 33 heavy (non-hydrogen) atoms. The van der Waals surface area contributed by atoms with Crippen molar-refractivity contribution < 1.29 is 27.5 Å². The number of aryl methyl sites for hydroxylation is 1. The van der Waals surface area contributed by atoms with Gasteiger partial charge in [-0.25, -0.2) is 4.98 Å². The SMILES string of the molecule is Cn1ccnc1C(O)(CCNC(=O)c1oc2ccccc2c1CSc1cccs1)C(F)(F)F. The van der Waals surface area contributed by atoms with Crippen molar-refractivity contribution >= 4 is 40.0 Å². The zero-order valence-electron chi connectivity index (χ0n) is 17.4. The van der Waals surface area contributed by atoms with E-state index >= 15 is 0 Å². The summed E-state index contributed by atoms with van der Waals surface area (Å²) in [5, 5.41) is 15.6. The van der Waals surface area contributed by atoms with Crippen molar-refractivity contribution in [2.75, 3.05) is 6.54 Å². The first-order chi connectivity index (χ1) is 15.7. The predicted octanol–water partition coefficient (Wildman–Crippen LogP) is 5.09. The molecule has 0 fully saturated rings. The number of thioether (sulfide) groups is 1. The number of para-hydroxylation sites is 1. The zero-order chi connectivity index (χ0) is 23.6. The van der Waals surface area contributed by atoms with Gasteiger partial charge >= 0.3 is 6.18 Å². The maximum absolute atomic E-state index is 13.7. The molecule has 0 spiro atoms. The highest BCUT2D eigenvalue weighted by molar-refractivity contribution is 8.00. The largest absolute Gasteiger partial charge is 0.451 e. The summed E-state index contributed by atoms with van der Waals surface area (Å²) < 4.78 is 49.0. The van der Waals surface area contributed by atoms with E-state index in [0.717, 1.165) is 14.2 Å². The molecular weight excluding hydrogens is 475 g/mol. The summed E-state index contributed by atoms with van der Waals surface area (Å²) in [6.07, 6.45) is -3.28. The first-order valence-electron chi connectivity index (χ1n) is 9.92. The van der Waals surface area contributed by atoms with Crippen LogP contribution in [0.15, 0.2) is 62.8 Å². The van der Waals surface area contributed by atoms with Crippen molar-refractivity contribution in [1.29, 1.82) is 0 Å². The van der Waals surface area contributed by atoms with Gasteiger partial charge in [0.05, 0.1) is 4.21 Å². The number of furan rings is 1. The number of alkyl halides is 3. The standard InChI is InChI=1S/C22H20F3N3O3S2/c1-28-11-10-27-20(28)21(30,22(23,24)25)8-9-26-19(29)18-15(13-33-17-7-4-12-32-17)14-5-2-3-6-16(14)31-18/h2-7,10-12,30H,8-9,13H2,1H3,(H,26,29). The second-order valence-corrected chi connectivity index (χ2v) is 9.58. The number of aromatic nitrogens is 2. The van der Waals surface area contributed by atoms with Crippen molar-refractivity contribution in [2.24, 2.45) is 7.05 Å². The molecule has 0 radical (unpaired) electrons. The molecule has 4 aromatic rings. The third kappa shape index (κ3) is 4.66. The minimum atomic E-state index is -4.97. The quantitative estimate of drug-likeness (QED) is 0.333. The Hall–Kier alpha value is -2.76. The minimum absolute atomic E-state index is 0.0489. The molecule has 1 atom stereocenters. The summed E-state index contributed by atoms with van der Waals surface area (Å²) >= 11 is 3.11. The van der Waals surface area contributed by atoms with Crippen LogP contribution in [0.1, 0.15) is 28.4 Å². The Labute approximate surface area is 195 Å². The molecule has 0 aliphatic heterocycles. The fraction of sp³-hybridized carbons (Fsp3) is 0.273. The number of hydrogen-bond donors (Lipinski definition) is 2. The van der Waals surface area contributed by atoms with Gasteiger partial charge in [0.25, 0.3) is 5.91 Å². The highest BCUT2D eigenvalue weighted by Crippen LogP contribution is 2.40. The molecule has 1 amide bonds. The van der Waals surface area contributed by atoms with Crippen LogP contribution in [0, 0.1) is 0 Å². The summed E-state index contributed by atoms with van der Waals surface area (Å²) in [4.78, 5) is 16.6. The molecule has 0 bridgehead atoms. The van der Waals surface area contributed by atoms with E-state index in [0.29, 0.717) is 16.9 Å². The Morgan fingerprint density at radius 3 is 2.73 bits per heavy atom. The summed E-state index contributed by atoms with van der Waals surface area (Å²) in [6, 6.07) is 11.1. The highest BCUT2D eigenvalue weighted by atomic mass is 32.2. The topological polar surface area (TPSA) is 80.3 Å². The number of halogens is 3. The van der Waals surface area contributed by atoms with Crippen molar-refractivity contribution in [3.05, 3.63) is 71.3 Å². The van der Waals surface area contributed by atoms with Crippen LogP contribution >= 0.6 is 23.1 Å². The summed E-state index contributed by atoms with van der Waals surface area (Å²) in [7, 11) is 1.36. The monoisotopic (exact) mass is 495 g/mol. The number of aliphatic hydroxyl groups is 1. The fourth-order valence-electron chi connectivity index (χ4n) is 3.50. The second kappa shape index (κ2) is 9.24. The van der Waals surface area contributed by atoms with Gasteiger partial charge < -0.3 is 19.4 Å². The average molecular weight is 496 g/mol. The van der Waals surface area contributed by atoms with E-state index < -0.39 is 36.5 Å². The number of imidazole rings is 1. The number of nitrogens with one attached hydrogen (secondary N) is 1. The van der Waals surface area contributed by atoms with E-state index in [1.165, 1.54) is 19.4 Å². The molecule has 0 aliphatic rings. The number of nitrogens with zero attached hydrogens (tertiary/aromatic N) is 2. The Bertz CT molecular complexity index is 1250. The highest BCUT2D eigenvalue weighted by Gasteiger charge is 2.57. The van der Waals surface area contributed by atoms with Gasteiger partial charge in [-0.3, -0.25) is 4.79 Å². The number of fused-ring (bicyclic) bond motifs is 1. The average Bonchev–Trinajstić information content (AvgIpc) is 3.51. The Kier molecular flexibility index (Phi) is 6.55. The van der Waals surface area contributed by atoms with Crippen molar-refractivity contribution in [1.82, 2.24) is 14.9 Å². The van der Waals surface area contributed by atoms with Crippen LogP contribution in [0.4, 0.5) is 13.2 Å². The molecule has 3 aromatic heterocycles. The summed E-state index contributed by atoms with van der Waals surface area (Å²) in [6.45, 7) is -0.434. The number of amides is 1. The molecule has 174 valence electrons. The molecule has 0 aliphatic carbocycles. The van der Waals surface area contributed by atoms with Crippen molar-refractivity contribution in [2.45, 2.75) is 28.2 Å². The van der Waals surface area contributed by atoms with Gasteiger partial charge in [-0.05, 0) is 17.5 Å². The number of rotatable bonds is 8. The van der Waals surface area contributed by atoms with Gasteiger partial charge in [0.1, 0.15) is 11.4 Å². The molecule has 0 saturated heterocycles. The Morgan fingerprint density at radius 2 is 2.06 bits per heavy atom. The number of hydrogen-bond acceptors (Lipinski definition) is 6. The maximum atomic E-state index is 13.7. The van der Waals surface area contributed by atoms with Crippen molar-refractivity contribution in [3.63, 3.8) is 0 Å². The molecule has 6 nitrogen and oxygen atoms in total. The van der Waals surface area contributed by atoms with Crippen LogP contribution in [0.2, 0.25) is 0 Å². The van der Waals surface area contributed by atoms with Gasteiger partial charge in [0.2, 0.25) is 5.60 Å². The van der Waals surface area contributed by atoms with Crippen LogP contribution < -0.4 is 5.32 Å². The Balaban J connectivity index is 1.53. The van der Waals surface area contributed by atoms with Gasteiger partial charge in [-0.15, -0.1) is 23.1 Å². The number of thiophene rings is 1. The van der Waals surface area contributed by atoms with E-state index in [1.807, 2.05) is 29.6 Å². The van der Waals surface area contributed by atoms with Crippen LogP contribution in [-0.2, 0) is 18.4 Å². The van der Waals surface area contributed by atoms with E-state index in [2.05, 4.69) is 10.3 Å². The van der Waals surface area contributed by atoms with Crippen LogP contribution in [-0.4, -0.2) is 33.3 Å². The molecule has 3 heterocycles. The molecular formula is C22H20F3N3O3S2. The smallest absolute Gasteiger partial charge is 0.424 e. The fourth-order valence-corrected chi connectivity index (χ4v) is 5.31. The number of carbonyl (C=O) groups is 1. The van der Waals surface area contributed by atoms with Crippen LogP contribution in [0.5, 0.6) is 0 Å². The first kappa shape index (κ1) is 23.4. The lowest BCUT2D eigenvalue weighted by Gasteiger charge is -2.29. The second-order valence-electron chi connectivity index (χ2n) is 7.35.